The molecule has 0 aliphatic heterocycles. The van der Waals surface area contributed by atoms with E-state index in [-0.39, 0.29) is 6.61 Å². The first-order chi connectivity index (χ1) is 9.51. The quantitative estimate of drug-likeness (QED) is 0.351. The molecule has 0 aromatic carbocycles. The second kappa shape index (κ2) is 14.6. The summed E-state index contributed by atoms with van der Waals surface area (Å²) in [4.78, 5) is 9.42. The van der Waals surface area contributed by atoms with Crippen molar-refractivity contribution in [2.45, 2.75) is 47.5 Å². The summed E-state index contributed by atoms with van der Waals surface area (Å²) in [5.74, 6) is 0. The molecule has 0 saturated heterocycles. The molecule has 0 unspecified atom stereocenters. The van der Waals surface area contributed by atoms with Crippen LogP contribution in [0.3, 0.4) is 0 Å². The fourth-order valence-corrected chi connectivity index (χ4v) is 2.03. The number of carboxylic acid groups (broad SMARTS) is 1. The Morgan fingerprint density at radius 3 is 1.85 bits per heavy atom. The highest BCUT2D eigenvalue weighted by molar-refractivity contribution is 5.53. The maximum Gasteiger partial charge on any atom is 0.251 e. The number of carbonyl (C=O) groups excluding carboxylic acids is 1. The third-order valence-corrected chi connectivity index (χ3v) is 3.38. The van der Waals surface area contributed by atoms with Crippen LogP contribution in [-0.4, -0.2) is 56.6 Å². The third-order valence-electron chi connectivity index (χ3n) is 3.38. The van der Waals surface area contributed by atoms with E-state index in [2.05, 4.69) is 32.4 Å². The van der Waals surface area contributed by atoms with Gasteiger partial charge in [0, 0.05) is 13.2 Å². The predicted molar refractivity (Wildman–Crippen MR) is 79.5 cm³/mol. The Labute approximate surface area is 124 Å². The number of quaternary nitrogens is 1. The smallest absolute Gasteiger partial charge is 0.251 e. The van der Waals surface area contributed by atoms with E-state index in [4.69, 9.17) is 4.74 Å². The van der Waals surface area contributed by atoms with E-state index in [0.717, 1.165) is 13.2 Å². The first-order valence-electron chi connectivity index (χ1n) is 7.78. The molecule has 0 amide bonds. The molecule has 0 fully saturated rings. The first-order valence-corrected chi connectivity index (χ1v) is 7.78. The van der Waals surface area contributed by atoms with Gasteiger partial charge in [0.25, 0.3) is 6.16 Å². The average Bonchev–Trinajstić information content (AvgIpc) is 2.45. The van der Waals surface area contributed by atoms with Crippen LogP contribution in [0.25, 0.3) is 0 Å². The summed E-state index contributed by atoms with van der Waals surface area (Å²) in [6.45, 7) is 17.6. The van der Waals surface area contributed by atoms with Gasteiger partial charge in [0.1, 0.15) is 6.54 Å². The van der Waals surface area contributed by atoms with Gasteiger partial charge in [-0.05, 0) is 33.6 Å². The molecule has 0 N–H and O–H groups in total. The van der Waals surface area contributed by atoms with E-state index >= 15 is 0 Å². The summed E-state index contributed by atoms with van der Waals surface area (Å²) in [5, 5.41) is 9.42. The van der Waals surface area contributed by atoms with Gasteiger partial charge in [-0.2, -0.15) is 0 Å². The fourth-order valence-electron chi connectivity index (χ4n) is 2.03. The van der Waals surface area contributed by atoms with Crippen LogP contribution < -0.4 is 5.11 Å². The molecular weight excluding hydrogens is 258 g/mol. The molecule has 5 nitrogen and oxygen atoms in total. The van der Waals surface area contributed by atoms with Gasteiger partial charge in [0.2, 0.25) is 0 Å². The molecule has 5 heteroatoms. The zero-order valence-corrected chi connectivity index (χ0v) is 13.9. The number of nitrogens with zero attached hydrogens (tertiary/aromatic N) is 1. The maximum atomic E-state index is 9.42. The van der Waals surface area contributed by atoms with E-state index in [0.29, 0.717) is 6.42 Å². The molecule has 0 aromatic rings. The van der Waals surface area contributed by atoms with Crippen LogP contribution in [0.4, 0.5) is 4.79 Å². The van der Waals surface area contributed by atoms with E-state index in [1.165, 1.54) is 37.1 Å². The van der Waals surface area contributed by atoms with Crippen LogP contribution in [-0.2, 0) is 9.47 Å². The Bertz CT molecular complexity index is 218. The van der Waals surface area contributed by atoms with Crippen LogP contribution in [0, 0.1) is 0 Å². The highest BCUT2D eigenvalue weighted by Gasteiger charge is 2.20. The minimum absolute atomic E-state index is 0.238. The maximum absolute atomic E-state index is 9.42. The number of hydrogen-bond donors (Lipinski definition) is 0. The molecular formula is C15H33NO4. The van der Waals surface area contributed by atoms with Crippen molar-refractivity contribution in [3.63, 3.8) is 0 Å². The van der Waals surface area contributed by atoms with Crippen LogP contribution in [0.15, 0.2) is 0 Å². The zero-order chi connectivity index (χ0) is 15.9. The van der Waals surface area contributed by atoms with Crippen molar-refractivity contribution in [2.75, 3.05) is 46.0 Å². The molecule has 20 heavy (non-hydrogen) atoms. The van der Waals surface area contributed by atoms with Crippen molar-refractivity contribution in [3.05, 3.63) is 0 Å². The molecule has 0 atom stereocenters. The summed E-state index contributed by atoms with van der Waals surface area (Å²) in [6, 6.07) is 0. The Hall–Kier alpha value is -0.810. The zero-order valence-electron chi connectivity index (χ0n) is 13.9. The fraction of sp³-hybridized carbons (Fsp3) is 0.933. The summed E-state index contributed by atoms with van der Waals surface area (Å²) < 4.78 is 10.6. The van der Waals surface area contributed by atoms with Crippen molar-refractivity contribution in [1.82, 2.24) is 0 Å². The van der Waals surface area contributed by atoms with Crippen molar-refractivity contribution in [1.29, 1.82) is 0 Å². The molecule has 0 radical (unpaired) electrons. The van der Waals surface area contributed by atoms with E-state index in [1.807, 2.05) is 6.92 Å². The monoisotopic (exact) mass is 291 g/mol. The second-order valence-electron chi connectivity index (χ2n) is 4.72. The normalized spacial score (nSPS) is 10.7. The van der Waals surface area contributed by atoms with Gasteiger partial charge in [-0.15, -0.1) is 0 Å². The van der Waals surface area contributed by atoms with Crippen molar-refractivity contribution < 1.29 is 23.9 Å². The molecule has 0 rings (SSSR count). The van der Waals surface area contributed by atoms with Gasteiger partial charge in [0.15, 0.2) is 0 Å². The Morgan fingerprint density at radius 2 is 1.55 bits per heavy atom. The molecule has 0 aromatic heterocycles. The number of hydrogen-bond acceptors (Lipinski definition) is 4. The van der Waals surface area contributed by atoms with Gasteiger partial charge < -0.3 is 23.9 Å². The van der Waals surface area contributed by atoms with E-state index in [1.54, 1.807) is 0 Å². The summed E-state index contributed by atoms with van der Waals surface area (Å²) >= 11 is 0. The largest absolute Gasteiger partial charge is 0.550 e. The Morgan fingerprint density at radius 1 is 0.950 bits per heavy atom. The molecule has 0 heterocycles. The van der Waals surface area contributed by atoms with Crippen molar-refractivity contribution >= 4 is 6.16 Å². The summed E-state index contributed by atoms with van der Waals surface area (Å²) in [7, 11) is 0. The average molecular weight is 291 g/mol. The number of rotatable bonds is 10. The number of likely N-dealkylation sites (N-methyl/N-ethyl adjacent to an activating group) is 1. The minimum Gasteiger partial charge on any atom is -0.550 e. The summed E-state index contributed by atoms with van der Waals surface area (Å²) in [5.41, 5.74) is 0. The SMILES string of the molecule is CCCOC(=O)[O-].CCC[N+](CC)(CC)CCOCC. The van der Waals surface area contributed by atoms with Crippen molar-refractivity contribution in [2.24, 2.45) is 0 Å². The van der Waals surface area contributed by atoms with Crippen LogP contribution in [0.2, 0.25) is 0 Å². The topological polar surface area (TPSA) is 58.6 Å². The highest BCUT2D eigenvalue weighted by Crippen LogP contribution is 2.07. The molecule has 0 aliphatic rings. The molecule has 0 aliphatic carbocycles. The number of ether oxygens (including phenoxy) is 2. The first kappa shape index (κ1) is 21.5. The van der Waals surface area contributed by atoms with Gasteiger partial charge in [0.05, 0.1) is 26.2 Å². The highest BCUT2D eigenvalue weighted by atomic mass is 16.7. The van der Waals surface area contributed by atoms with Gasteiger partial charge in [-0.1, -0.05) is 13.8 Å². The summed E-state index contributed by atoms with van der Waals surface area (Å²) in [6.07, 6.45) is 0.531. The van der Waals surface area contributed by atoms with Gasteiger partial charge >= 0.3 is 0 Å². The lowest BCUT2D eigenvalue weighted by atomic mass is 10.3. The standard InChI is InChI=1S/C11H26NO.C4H8O3/c1-5-9-12(6-2,7-3)10-11-13-8-4;1-2-3-7-4(5)6/h5-11H2,1-4H3;2-3H2,1H3,(H,5,6)/q+1;/p-1. The molecule has 0 spiro atoms. The lowest BCUT2D eigenvalue weighted by molar-refractivity contribution is -0.925. The molecule has 0 bridgehead atoms. The van der Waals surface area contributed by atoms with Gasteiger partial charge in [-0.3, -0.25) is 0 Å². The lowest BCUT2D eigenvalue weighted by Gasteiger charge is -2.36. The van der Waals surface area contributed by atoms with Crippen LogP contribution >= 0.6 is 0 Å². The minimum atomic E-state index is -1.44. The van der Waals surface area contributed by atoms with Crippen LogP contribution in [0.1, 0.15) is 47.5 Å². The lowest BCUT2D eigenvalue weighted by Crippen LogP contribution is -2.50. The van der Waals surface area contributed by atoms with Crippen molar-refractivity contribution in [3.8, 4) is 0 Å². The Kier molecular flexibility index (Phi) is 15.7. The third kappa shape index (κ3) is 12.2. The van der Waals surface area contributed by atoms with E-state index in [9.17, 15) is 9.90 Å². The Balaban J connectivity index is 0. The molecule has 0 saturated carbocycles. The van der Waals surface area contributed by atoms with Crippen LogP contribution in [0.5, 0.6) is 0 Å². The molecule has 122 valence electrons. The van der Waals surface area contributed by atoms with Gasteiger partial charge in [-0.25, -0.2) is 0 Å². The predicted octanol–water partition coefficient (Wildman–Crippen LogP) is 2.05. The number of carbonyl (C=O) groups is 1. The second-order valence-corrected chi connectivity index (χ2v) is 4.72. The van der Waals surface area contributed by atoms with E-state index < -0.39 is 6.16 Å².